The lowest BCUT2D eigenvalue weighted by Crippen LogP contribution is -2.78. The number of halogens is 10. The molecule has 0 aromatic carbocycles. The molecule has 0 amide bonds. The highest BCUT2D eigenvalue weighted by molar-refractivity contribution is 6.74. The van der Waals surface area contributed by atoms with Gasteiger partial charge in [-0.1, -0.05) is 26.2 Å². The first-order valence-electron chi connectivity index (χ1n) is 21.2. The first kappa shape index (κ1) is 45.8. The molecule has 0 spiro atoms. The lowest BCUT2D eigenvalue weighted by atomic mass is 9.59. The fourth-order valence-corrected chi connectivity index (χ4v) is 14.8. The van der Waals surface area contributed by atoms with Gasteiger partial charge in [-0.25, -0.2) is 4.39 Å². The largest absolute Gasteiger partial charge is 0.477 e. The van der Waals surface area contributed by atoms with Crippen LogP contribution in [0.4, 0.5) is 43.9 Å². The highest BCUT2D eigenvalue weighted by atomic mass is 28.3. The Labute approximate surface area is 340 Å². The Kier molecular flexibility index (Phi) is 11.0. The summed E-state index contributed by atoms with van der Waals surface area (Å²) in [6.07, 6.45) is -4.37. The van der Waals surface area contributed by atoms with E-state index in [0.717, 1.165) is 66.2 Å². The second-order valence-electron chi connectivity index (χ2n) is 21.7. The minimum atomic E-state index is -5.74. The molecule has 0 aromatic rings. The van der Waals surface area contributed by atoms with Crippen molar-refractivity contribution >= 4 is 14.0 Å². The monoisotopic (exact) mass is 882 g/mol. The van der Waals surface area contributed by atoms with E-state index >= 15 is 8.78 Å². The first-order chi connectivity index (χ1) is 26.7. The van der Waals surface area contributed by atoms with E-state index < -0.39 is 79.8 Å². The summed E-state index contributed by atoms with van der Waals surface area (Å²) in [5, 5.41) is 19.1. The molecule has 7 nitrogen and oxygen atoms in total. The average molecular weight is 883 g/mol. The molecule has 2 N–H and O–H groups in total. The maximum absolute atomic E-state index is 15.3. The molecule has 18 unspecified atom stereocenters. The number of hydrogen-bond acceptors (Lipinski definition) is 7. The molecule has 1 saturated heterocycles. The number of esters is 1. The Morgan fingerprint density at radius 2 is 1.29 bits per heavy atom. The van der Waals surface area contributed by atoms with Crippen LogP contribution in [0.2, 0.25) is 26.2 Å². The van der Waals surface area contributed by atoms with Crippen molar-refractivity contribution in [1.82, 2.24) is 0 Å². The molecule has 9 fully saturated rings. The third kappa shape index (κ3) is 7.11. The fourth-order valence-electron chi connectivity index (χ4n) is 14.8. The summed E-state index contributed by atoms with van der Waals surface area (Å²) in [6, 6.07) is -4.85. The van der Waals surface area contributed by atoms with Crippen LogP contribution >= 0.6 is 0 Å². The SMILES string of the molecule is CC(=O)OC1(C)C2C3CC(C2OC(O)(C(F)(F)F)C1(F)F)C1C2CCC(C2)C31.CC(C)(OC1(CF)CC2CC1C1C3CCC(C3)C21)OC(O)(F)C(F)(F)F.C[Si](C)(C)C. The molecule has 0 aromatic heterocycles. The maximum Gasteiger partial charge on any atom is 0.477 e. The van der Waals surface area contributed by atoms with Crippen molar-refractivity contribution in [3.8, 4) is 0 Å². The molecule has 9 aliphatic rings. The minimum Gasteiger partial charge on any atom is -0.452 e. The molecular formula is C41H60F10O7Si. The first-order valence-corrected chi connectivity index (χ1v) is 25.2. The van der Waals surface area contributed by atoms with E-state index in [1.807, 2.05) is 0 Å². The van der Waals surface area contributed by atoms with Crippen LogP contribution in [-0.2, 0) is 23.7 Å². The van der Waals surface area contributed by atoms with E-state index in [0.29, 0.717) is 54.3 Å². The summed E-state index contributed by atoms with van der Waals surface area (Å²) < 4.78 is 157. The van der Waals surface area contributed by atoms with E-state index in [1.165, 1.54) is 6.42 Å². The molecule has 340 valence electrons. The third-order valence-corrected chi connectivity index (χ3v) is 15.9. The maximum atomic E-state index is 15.3. The van der Waals surface area contributed by atoms with E-state index in [2.05, 4.69) is 30.9 Å². The fraction of sp³-hybridized carbons (Fsp3) is 0.976. The quantitative estimate of drug-likeness (QED) is 0.0903. The summed E-state index contributed by atoms with van der Waals surface area (Å²) in [4.78, 5) is 11.7. The second-order valence-corrected chi connectivity index (χ2v) is 27.7. The predicted octanol–water partition coefficient (Wildman–Crippen LogP) is 9.82. The lowest BCUT2D eigenvalue weighted by molar-refractivity contribution is -0.495. The van der Waals surface area contributed by atoms with Crippen molar-refractivity contribution in [2.24, 2.45) is 76.9 Å². The van der Waals surface area contributed by atoms with Gasteiger partial charge in [0, 0.05) is 20.9 Å². The van der Waals surface area contributed by atoms with Gasteiger partial charge < -0.3 is 24.4 Å². The zero-order valence-corrected chi connectivity index (χ0v) is 35.9. The van der Waals surface area contributed by atoms with E-state index in [9.17, 15) is 45.0 Å². The Morgan fingerprint density at radius 3 is 1.76 bits per heavy atom. The van der Waals surface area contributed by atoms with Gasteiger partial charge in [0.05, 0.1) is 6.10 Å². The number of rotatable bonds is 6. The van der Waals surface area contributed by atoms with Crippen molar-refractivity contribution < 1.29 is 77.9 Å². The van der Waals surface area contributed by atoms with Gasteiger partial charge in [-0.15, -0.1) is 0 Å². The van der Waals surface area contributed by atoms with Crippen LogP contribution < -0.4 is 0 Å². The van der Waals surface area contributed by atoms with Gasteiger partial charge in [-0.3, -0.25) is 9.53 Å². The number of carbonyl (C=O) groups is 1. The number of alkyl halides is 10. The topological polar surface area (TPSA) is 94.5 Å². The number of ether oxygens (including phenoxy) is 4. The molecular weight excluding hydrogens is 823 g/mol. The number of fused-ring (bicyclic) bond motifs is 21. The lowest BCUT2D eigenvalue weighted by Gasteiger charge is -2.58. The Balaban J connectivity index is 0.000000161. The van der Waals surface area contributed by atoms with Crippen molar-refractivity contribution in [2.45, 2.75) is 165 Å². The number of aliphatic hydroxyl groups is 2. The van der Waals surface area contributed by atoms with Crippen LogP contribution in [-0.4, -0.2) is 84.1 Å². The summed E-state index contributed by atoms with van der Waals surface area (Å²) in [5.74, 6) is -11.0. The average Bonchev–Trinajstić information content (AvgIpc) is 3.90. The summed E-state index contributed by atoms with van der Waals surface area (Å²) in [5.41, 5.74) is -4.06. The molecule has 59 heavy (non-hydrogen) atoms. The Hall–Kier alpha value is -1.21. The molecule has 8 bridgehead atoms. The van der Waals surface area contributed by atoms with Crippen molar-refractivity contribution in [3.05, 3.63) is 0 Å². The van der Waals surface area contributed by atoms with Crippen molar-refractivity contribution in [1.29, 1.82) is 0 Å². The Morgan fingerprint density at radius 1 is 0.797 bits per heavy atom. The van der Waals surface area contributed by atoms with Crippen LogP contribution in [0, 0.1) is 76.9 Å². The van der Waals surface area contributed by atoms with Crippen LogP contribution in [0.5, 0.6) is 0 Å². The van der Waals surface area contributed by atoms with E-state index in [1.54, 1.807) is 0 Å². The highest BCUT2D eigenvalue weighted by Gasteiger charge is 2.87. The Bertz CT molecular complexity index is 1620. The summed E-state index contributed by atoms with van der Waals surface area (Å²) >= 11 is 0. The second kappa shape index (κ2) is 14.1. The molecule has 8 aliphatic carbocycles. The van der Waals surface area contributed by atoms with Gasteiger partial charge >= 0.3 is 36.1 Å². The van der Waals surface area contributed by atoms with E-state index in [-0.39, 0.29) is 29.6 Å². The third-order valence-electron chi connectivity index (χ3n) is 15.9. The minimum absolute atomic E-state index is 0.0840. The predicted molar refractivity (Wildman–Crippen MR) is 194 cm³/mol. The molecule has 18 heteroatoms. The summed E-state index contributed by atoms with van der Waals surface area (Å²) in [6.45, 7) is 12.4. The number of hydrogen-bond donors (Lipinski definition) is 2. The smallest absolute Gasteiger partial charge is 0.452 e. The van der Waals surface area contributed by atoms with Crippen LogP contribution in [0.15, 0.2) is 0 Å². The van der Waals surface area contributed by atoms with Gasteiger partial charge in [-0.05, 0) is 150 Å². The van der Waals surface area contributed by atoms with Gasteiger partial charge in [-0.2, -0.15) is 39.5 Å². The standard InChI is InChI=1S/C19H23F5O4.C18H25F5O3.C4H12Si/c1-7(25)27-16(2)14-10-6-11(13-9-4-3-8(5-9)12(10)13)15(14)28-18(26,17(16,20)21)19(22,23)24;1-15(2,26-18(23,24)17(20,21)22)25-16(8-19)7-11-6-12(16)14-10-4-3-9(5-10)13(11)14;1-5(2,3)4/h8-15,26H,3-6H2,1-2H3;9-14,24H,3-8H2,1-2H3;1-4H3. The summed E-state index contributed by atoms with van der Waals surface area (Å²) in [7, 11) is -0.611. The van der Waals surface area contributed by atoms with Crippen molar-refractivity contribution in [2.75, 3.05) is 6.67 Å². The molecule has 8 saturated carbocycles. The van der Waals surface area contributed by atoms with Crippen LogP contribution in [0.1, 0.15) is 85.5 Å². The van der Waals surface area contributed by atoms with Crippen LogP contribution in [0.25, 0.3) is 0 Å². The molecule has 0 radical (unpaired) electrons. The molecule has 18 atom stereocenters. The highest BCUT2D eigenvalue weighted by Crippen LogP contribution is 2.75. The van der Waals surface area contributed by atoms with Gasteiger partial charge in [0.25, 0.3) is 0 Å². The zero-order valence-electron chi connectivity index (χ0n) is 34.9. The number of carbonyl (C=O) groups excluding carboxylic acids is 1. The molecule has 1 aliphatic heterocycles. The van der Waals surface area contributed by atoms with Gasteiger partial charge in [0.15, 0.2) is 11.4 Å². The van der Waals surface area contributed by atoms with Gasteiger partial charge in [0.1, 0.15) is 12.3 Å². The van der Waals surface area contributed by atoms with E-state index in [4.69, 9.17) is 19.3 Å². The normalized spacial score (nSPS) is 48.1. The molecule has 9 rings (SSSR count). The van der Waals surface area contributed by atoms with Gasteiger partial charge in [0.2, 0.25) is 0 Å². The zero-order chi connectivity index (χ0) is 44.1. The van der Waals surface area contributed by atoms with Crippen LogP contribution in [0.3, 0.4) is 0 Å². The molecule has 1 heterocycles. The van der Waals surface area contributed by atoms with Crippen molar-refractivity contribution in [3.63, 3.8) is 0 Å².